The minimum atomic E-state index is 0.198. The van der Waals surface area contributed by atoms with Crippen LogP contribution in [0.3, 0.4) is 0 Å². The van der Waals surface area contributed by atoms with E-state index in [4.69, 9.17) is 0 Å². The molecule has 0 aliphatic carbocycles. The highest BCUT2D eigenvalue weighted by molar-refractivity contribution is 8.14. The Balaban J connectivity index is 1.82. The van der Waals surface area contributed by atoms with Gasteiger partial charge >= 0.3 is 0 Å². The molecule has 0 bridgehead atoms. The maximum atomic E-state index is 12.3. The lowest BCUT2D eigenvalue weighted by atomic mass is 10.0. The summed E-state index contributed by atoms with van der Waals surface area (Å²) in [6, 6.07) is 16.9. The number of carbonyl (C=O) groups is 1. The number of rotatable bonds is 12. The van der Waals surface area contributed by atoms with Crippen LogP contribution in [0.5, 0.6) is 0 Å². The number of hydrogen-bond donors (Lipinski definition) is 0. The van der Waals surface area contributed by atoms with E-state index in [0.717, 1.165) is 24.2 Å². The van der Waals surface area contributed by atoms with Gasteiger partial charge in [0.05, 0.1) is 0 Å². The van der Waals surface area contributed by atoms with Crippen molar-refractivity contribution in [2.45, 2.75) is 71.6 Å². The summed E-state index contributed by atoms with van der Waals surface area (Å²) in [5, 5.41) is 0.198. The van der Waals surface area contributed by atoms with Gasteiger partial charge in [-0.25, -0.2) is 0 Å². The van der Waals surface area contributed by atoms with E-state index in [1.54, 1.807) is 0 Å². The van der Waals surface area contributed by atoms with Crippen LogP contribution in [0.1, 0.15) is 81.1 Å². The van der Waals surface area contributed by atoms with E-state index < -0.39 is 0 Å². The van der Waals surface area contributed by atoms with Gasteiger partial charge in [-0.3, -0.25) is 4.79 Å². The molecule has 0 aliphatic rings. The van der Waals surface area contributed by atoms with Crippen LogP contribution in [-0.4, -0.2) is 10.9 Å². The zero-order chi connectivity index (χ0) is 19.3. The molecule has 0 atom stereocenters. The van der Waals surface area contributed by atoms with Crippen LogP contribution < -0.4 is 0 Å². The van der Waals surface area contributed by atoms with Crippen LogP contribution in [0.15, 0.2) is 48.5 Å². The van der Waals surface area contributed by atoms with Gasteiger partial charge in [-0.05, 0) is 48.1 Å². The fourth-order valence-corrected chi connectivity index (χ4v) is 4.03. The molecule has 2 heteroatoms. The third-order valence-electron chi connectivity index (χ3n) is 4.96. The van der Waals surface area contributed by atoms with Crippen LogP contribution in [0.25, 0.3) is 11.1 Å². The molecule has 2 aromatic carbocycles. The maximum absolute atomic E-state index is 12.3. The SMILES string of the molecule is CCCCCCCSC(=O)c1ccc(-c2ccc(CCCCC)cc2)cc1. The molecule has 0 heterocycles. The summed E-state index contributed by atoms with van der Waals surface area (Å²) < 4.78 is 0. The number of aryl methyl sites for hydroxylation is 1. The first-order chi connectivity index (χ1) is 13.2. The average molecular weight is 383 g/mol. The molecule has 0 saturated carbocycles. The highest BCUT2D eigenvalue weighted by atomic mass is 32.2. The molecule has 146 valence electrons. The van der Waals surface area contributed by atoms with Crippen molar-refractivity contribution >= 4 is 16.9 Å². The quantitative estimate of drug-likeness (QED) is 0.347. The van der Waals surface area contributed by atoms with Gasteiger partial charge in [-0.15, -0.1) is 0 Å². The molecular formula is C25H34OS. The molecule has 2 aromatic rings. The van der Waals surface area contributed by atoms with Crippen LogP contribution in [0.2, 0.25) is 0 Å². The van der Waals surface area contributed by atoms with Crippen LogP contribution in [-0.2, 0) is 6.42 Å². The molecule has 0 N–H and O–H groups in total. The second-order valence-electron chi connectivity index (χ2n) is 7.28. The van der Waals surface area contributed by atoms with Crippen molar-refractivity contribution in [2.24, 2.45) is 0 Å². The Morgan fingerprint density at radius 2 is 1.26 bits per heavy atom. The van der Waals surface area contributed by atoms with Crippen molar-refractivity contribution in [3.05, 3.63) is 59.7 Å². The lowest BCUT2D eigenvalue weighted by Gasteiger charge is -2.06. The molecule has 2 rings (SSSR count). The Hall–Kier alpha value is -1.54. The molecule has 0 radical (unpaired) electrons. The first-order valence-corrected chi connectivity index (χ1v) is 11.6. The van der Waals surface area contributed by atoms with Gasteiger partial charge < -0.3 is 0 Å². The van der Waals surface area contributed by atoms with Crippen LogP contribution >= 0.6 is 11.8 Å². The van der Waals surface area contributed by atoms with Gasteiger partial charge in [-0.2, -0.15) is 0 Å². The third-order valence-corrected chi connectivity index (χ3v) is 5.95. The Bertz CT molecular complexity index is 658. The van der Waals surface area contributed by atoms with Crippen molar-refractivity contribution < 1.29 is 4.79 Å². The molecule has 0 amide bonds. The second-order valence-corrected chi connectivity index (χ2v) is 8.35. The van der Waals surface area contributed by atoms with E-state index in [1.807, 2.05) is 12.1 Å². The average Bonchev–Trinajstić information content (AvgIpc) is 2.71. The summed E-state index contributed by atoms with van der Waals surface area (Å²) in [6.45, 7) is 4.47. The molecule has 0 saturated heterocycles. The van der Waals surface area contributed by atoms with Crippen LogP contribution in [0, 0.1) is 0 Å². The first-order valence-electron chi connectivity index (χ1n) is 10.6. The molecule has 0 spiro atoms. The molecule has 0 fully saturated rings. The van der Waals surface area contributed by atoms with Crippen LogP contribution in [0.4, 0.5) is 0 Å². The summed E-state index contributed by atoms with van der Waals surface area (Å²) in [4.78, 5) is 12.3. The van der Waals surface area contributed by atoms with Gasteiger partial charge in [0.15, 0.2) is 0 Å². The predicted molar refractivity (Wildman–Crippen MR) is 121 cm³/mol. The summed E-state index contributed by atoms with van der Waals surface area (Å²) in [5.41, 5.74) is 4.62. The summed E-state index contributed by atoms with van der Waals surface area (Å²) in [5.74, 6) is 0.934. The van der Waals surface area contributed by atoms with E-state index in [0.29, 0.717) is 0 Å². The maximum Gasteiger partial charge on any atom is 0.219 e. The lowest BCUT2D eigenvalue weighted by molar-refractivity contribution is 0.108. The highest BCUT2D eigenvalue weighted by Gasteiger charge is 2.07. The number of unbranched alkanes of at least 4 members (excludes halogenated alkanes) is 6. The smallest absolute Gasteiger partial charge is 0.219 e. The fraction of sp³-hybridized carbons (Fsp3) is 0.480. The number of thioether (sulfide) groups is 1. The summed E-state index contributed by atoms with van der Waals surface area (Å²) in [7, 11) is 0. The fourth-order valence-electron chi connectivity index (χ4n) is 3.20. The van der Waals surface area contributed by atoms with Gasteiger partial charge in [0, 0.05) is 11.3 Å². The van der Waals surface area contributed by atoms with E-state index in [9.17, 15) is 4.79 Å². The van der Waals surface area contributed by atoms with Gasteiger partial charge in [-0.1, -0.05) is 101 Å². The Morgan fingerprint density at radius 3 is 1.89 bits per heavy atom. The molecule has 1 nitrogen and oxygen atoms in total. The molecule has 0 aromatic heterocycles. The standard InChI is InChI=1S/C25H34OS/c1-3-5-7-8-10-20-27-25(26)24-18-16-23(17-19-24)22-14-12-21(13-15-22)11-9-6-4-2/h12-19H,3-11,20H2,1-2H3. The van der Waals surface area contributed by atoms with Crippen molar-refractivity contribution in [3.63, 3.8) is 0 Å². The Kier molecular flexibility index (Phi) is 10.3. The second kappa shape index (κ2) is 12.8. The molecule has 27 heavy (non-hydrogen) atoms. The zero-order valence-electron chi connectivity index (χ0n) is 17.0. The monoisotopic (exact) mass is 382 g/mol. The molecule has 0 unspecified atom stereocenters. The summed E-state index contributed by atoms with van der Waals surface area (Å²) in [6.07, 6.45) is 11.2. The number of hydrogen-bond acceptors (Lipinski definition) is 2. The van der Waals surface area contributed by atoms with E-state index in [1.165, 1.54) is 73.4 Å². The Labute approximate surface area is 170 Å². The Morgan fingerprint density at radius 1 is 0.704 bits per heavy atom. The van der Waals surface area contributed by atoms with Crippen molar-refractivity contribution in [2.75, 3.05) is 5.75 Å². The first kappa shape index (κ1) is 21.8. The third kappa shape index (κ3) is 7.92. The minimum Gasteiger partial charge on any atom is -0.282 e. The van der Waals surface area contributed by atoms with Gasteiger partial charge in [0.2, 0.25) is 5.12 Å². The minimum absolute atomic E-state index is 0.198. The number of carbonyl (C=O) groups excluding carboxylic acids is 1. The topological polar surface area (TPSA) is 17.1 Å². The lowest BCUT2D eigenvalue weighted by Crippen LogP contribution is -1.95. The van der Waals surface area contributed by atoms with E-state index in [-0.39, 0.29) is 5.12 Å². The van der Waals surface area contributed by atoms with Gasteiger partial charge in [0.1, 0.15) is 0 Å². The molecular weight excluding hydrogens is 348 g/mol. The molecule has 0 aliphatic heterocycles. The largest absolute Gasteiger partial charge is 0.282 e. The highest BCUT2D eigenvalue weighted by Crippen LogP contribution is 2.23. The van der Waals surface area contributed by atoms with Crippen molar-refractivity contribution in [1.82, 2.24) is 0 Å². The predicted octanol–water partition coefficient (Wildman–Crippen LogP) is 7.93. The van der Waals surface area contributed by atoms with Gasteiger partial charge in [0.25, 0.3) is 0 Å². The summed E-state index contributed by atoms with van der Waals surface area (Å²) >= 11 is 1.46. The number of benzene rings is 2. The van der Waals surface area contributed by atoms with Crippen molar-refractivity contribution in [1.29, 1.82) is 0 Å². The van der Waals surface area contributed by atoms with E-state index in [2.05, 4.69) is 50.2 Å². The van der Waals surface area contributed by atoms with E-state index >= 15 is 0 Å². The van der Waals surface area contributed by atoms with Crippen molar-refractivity contribution in [3.8, 4) is 11.1 Å². The normalized spacial score (nSPS) is 10.9. The zero-order valence-corrected chi connectivity index (χ0v) is 17.8.